The number of likely N-dealkylation sites (tertiary alicyclic amines) is 1. The van der Waals surface area contributed by atoms with Gasteiger partial charge in [0.15, 0.2) is 0 Å². The van der Waals surface area contributed by atoms with Gasteiger partial charge in [0.2, 0.25) is 5.91 Å². The van der Waals surface area contributed by atoms with Crippen LogP contribution in [0.2, 0.25) is 0 Å². The van der Waals surface area contributed by atoms with Gasteiger partial charge in [-0.3, -0.25) is 9.78 Å². The molecule has 1 unspecified atom stereocenters. The minimum absolute atomic E-state index is 0.0290. The zero-order valence-electron chi connectivity index (χ0n) is 19.8. The Kier molecular flexibility index (Phi) is 5.75. The maximum atomic E-state index is 13.9. The molecule has 1 amide bonds. The smallest absolute Gasteiger partial charge is 0.329 e. The molecule has 1 aromatic carbocycles. The van der Waals surface area contributed by atoms with E-state index in [1.807, 2.05) is 30.3 Å². The van der Waals surface area contributed by atoms with Crippen molar-refractivity contribution >= 4 is 11.9 Å². The van der Waals surface area contributed by atoms with Crippen molar-refractivity contribution in [3.05, 3.63) is 54.4 Å². The number of hydrogen-bond acceptors (Lipinski definition) is 6. The number of amides is 1. The normalized spacial score (nSPS) is 33.1. The summed E-state index contributed by atoms with van der Waals surface area (Å²) in [6.07, 6.45) is 9.38. The fourth-order valence-electron chi connectivity index (χ4n) is 7.44. The zero-order valence-corrected chi connectivity index (χ0v) is 19.8. The molecule has 1 aliphatic heterocycles. The molecule has 7 rings (SSSR count). The lowest BCUT2D eigenvalue weighted by Crippen LogP contribution is -2.56. The van der Waals surface area contributed by atoms with Crippen molar-refractivity contribution in [3.63, 3.8) is 0 Å². The van der Waals surface area contributed by atoms with Crippen molar-refractivity contribution in [2.24, 2.45) is 23.2 Å². The number of benzene rings is 1. The molecule has 4 saturated carbocycles. The van der Waals surface area contributed by atoms with Crippen molar-refractivity contribution in [1.29, 1.82) is 0 Å². The van der Waals surface area contributed by atoms with Crippen LogP contribution in [0.4, 0.5) is 0 Å². The van der Waals surface area contributed by atoms with E-state index in [1.54, 1.807) is 23.4 Å². The van der Waals surface area contributed by atoms with Crippen LogP contribution in [-0.4, -0.2) is 45.6 Å². The number of pyridine rings is 1. The summed E-state index contributed by atoms with van der Waals surface area (Å²) in [6.45, 7) is 0.238. The first-order valence-electron chi connectivity index (χ1n) is 12.8. The summed E-state index contributed by atoms with van der Waals surface area (Å²) in [4.78, 5) is 32.8. The van der Waals surface area contributed by atoms with Crippen LogP contribution >= 0.6 is 0 Å². The van der Waals surface area contributed by atoms with Crippen molar-refractivity contribution in [1.82, 2.24) is 9.88 Å². The lowest BCUT2D eigenvalue weighted by atomic mass is 9.49. The van der Waals surface area contributed by atoms with Crippen LogP contribution in [0.15, 0.2) is 48.8 Å². The fraction of sp³-hybridized carbons (Fsp3) is 0.536. The molecule has 5 aliphatic rings. The highest BCUT2D eigenvalue weighted by molar-refractivity contribution is 5.89. The van der Waals surface area contributed by atoms with Crippen molar-refractivity contribution in [2.45, 2.75) is 63.7 Å². The van der Waals surface area contributed by atoms with E-state index in [0.717, 1.165) is 24.8 Å². The van der Waals surface area contributed by atoms with E-state index in [-0.39, 0.29) is 30.9 Å². The average molecular weight is 477 g/mol. The van der Waals surface area contributed by atoms with Gasteiger partial charge in [0.05, 0.1) is 17.7 Å². The predicted molar refractivity (Wildman–Crippen MR) is 127 cm³/mol. The Bertz CT molecular complexity index is 1070. The third kappa shape index (κ3) is 4.31. The predicted octanol–water partition coefficient (Wildman–Crippen LogP) is 4.10. The van der Waals surface area contributed by atoms with E-state index < -0.39 is 18.1 Å². The molecule has 0 spiro atoms. The Morgan fingerprint density at radius 1 is 1.00 bits per heavy atom. The molecular weight excluding hydrogens is 444 g/mol. The Balaban J connectivity index is 1.15. The number of aliphatic hydroxyl groups excluding tert-OH is 1. The second kappa shape index (κ2) is 8.94. The van der Waals surface area contributed by atoms with Gasteiger partial charge in [-0.25, -0.2) is 4.79 Å². The maximum Gasteiger partial charge on any atom is 0.329 e. The molecule has 1 saturated heterocycles. The number of esters is 1. The lowest BCUT2D eigenvalue weighted by molar-refractivity contribution is -0.166. The van der Waals surface area contributed by atoms with E-state index in [2.05, 4.69) is 4.98 Å². The SMILES string of the molecule is O=C(OCc1ccccc1Oc1cccnc1)[C@@H]1CC(O)CN1C(=O)C12CC3CC(CC(C3)C1)C2. The number of para-hydroxylation sites is 1. The van der Waals surface area contributed by atoms with E-state index in [0.29, 0.717) is 29.3 Å². The summed E-state index contributed by atoms with van der Waals surface area (Å²) < 4.78 is 11.6. The molecule has 5 fully saturated rings. The van der Waals surface area contributed by atoms with Gasteiger partial charge in [-0.1, -0.05) is 18.2 Å². The molecule has 7 heteroatoms. The number of hydrogen-bond donors (Lipinski definition) is 1. The Morgan fingerprint density at radius 3 is 2.40 bits per heavy atom. The number of carbonyl (C=O) groups excluding carboxylic acids is 2. The minimum atomic E-state index is -0.739. The molecule has 1 N–H and O–H groups in total. The number of nitrogens with zero attached hydrogens (tertiary/aromatic N) is 2. The zero-order chi connectivity index (χ0) is 24.0. The van der Waals surface area contributed by atoms with E-state index in [9.17, 15) is 14.7 Å². The van der Waals surface area contributed by atoms with Crippen LogP contribution in [0.25, 0.3) is 0 Å². The maximum absolute atomic E-state index is 13.9. The van der Waals surface area contributed by atoms with E-state index in [4.69, 9.17) is 9.47 Å². The summed E-state index contributed by atoms with van der Waals surface area (Å²) in [5.74, 6) is 2.70. The number of ether oxygens (including phenoxy) is 2. The molecule has 2 atom stereocenters. The highest BCUT2D eigenvalue weighted by atomic mass is 16.5. The van der Waals surface area contributed by atoms with Gasteiger partial charge < -0.3 is 19.5 Å². The van der Waals surface area contributed by atoms with Gasteiger partial charge in [-0.15, -0.1) is 0 Å². The quantitative estimate of drug-likeness (QED) is 0.632. The standard InChI is InChI=1S/C28H32N2O5/c31-22-11-24(30(16-22)27(33)28-12-18-8-19(13-28)10-20(9-18)14-28)26(32)34-17-21-4-1-2-6-25(21)35-23-5-3-7-29-15-23/h1-7,15,18-20,22,24,31H,8-14,16-17H2/t18?,19?,20?,22?,24-,28?/m0/s1. The minimum Gasteiger partial charge on any atom is -0.459 e. The number of aromatic nitrogens is 1. The van der Waals surface area contributed by atoms with Crippen molar-refractivity contribution < 1.29 is 24.2 Å². The molecule has 7 nitrogen and oxygen atoms in total. The van der Waals surface area contributed by atoms with Crippen LogP contribution in [0.5, 0.6) is 11.5 Å². The topological polar surface area (TPSA) is 89.0 Å². The Labute approximate surface area is 205 Å². The molecule has 35 heavy (non-hydrogen) atoms. The molecule has 1 aromatic heterocycles. The number of β-amino-alcohol motifs (C(OH)–C–C–N with tert-alkyl or cyclic N) is 1. The molecule has 4 aliphatic carbocycles. The van der Waals surface area contributed by atoms with Crippen LogP contribution in [0.3, 0.4) is 0 Å². The Hall–Kier alpha value is -2.93. The van der Waals surface area contributed by atoms with Gasteiger partial charge in [0, 0.05) is 24.7 Å². The van der Waals surface area contributed by atoms with E-state index in [1.165, 1.54) is 19.3 Å². The third-order valence-corrected chi connectivity index (χ3v) is 8.51. The molecule has 184 valence electrons. The summed E-state index contributed by atoms with van der Waals surface area (Å²) in [7, 11) is 0. The van der Waals surface area contributed by atoms with Gasteiger partial charge in [-0.05, 0) is 74.5 Å². The largest absolute Gasteiger partial charge is 0.459 e. The highest BCUT2D eigenvalue weighted by Crippen LogP contribution is 2.60. The van der Waals surface area contributed by atoms with E-state index >= 15 is 0 Å². The number of aliphatic hydroxyl groups is 1. The van der Waals surface area contributed by atoms with Gasteiger partial charge in [0.1, 0.15) is 24.1 Å². The molecule has 0 radical (unpaired) electrons. The fourth-order valence-corrected chi connectivity index (χ4v) is 7.44. The highest BCUT2D eigenvalue weighted by Gasteiger charge is 2.57. The summed E-state index contributed by atoms with van der Waals surface area (Å²) in [5, 5.41) is 10.4. The van der Waals surface area contributed by atoms with Gasteiger partial charge in [0.25, 0.3) is 0 Å². The van der Waals surface area contributed by atoms with Crippen LogP contribution in [-0.2, 0) is 20.9 Å². The number of carbonyl (C=O) groups is 2. The first-order chi connectivity index (χ1) is 17.0. The van der Waals surface area contributed by atoms with Crippen molar-refractivity contribution in [3.8, 4) is 11.5 Å². The number of rotatable bonds is 6. The third-order valence-electron chi connectivity index (χ3n) is 8.51. The molecule has 2 heterocycles. The summed E-state index contributed by atoms with van der Waals surface area (Å²) in [5.41, 5.74) is 0.379. The lowest BCUT2D eigenvalue weighted by Gasteiger charge is -2.56. The van der Waals surface area contributed by atoms with Gasteiger partial charge >= 0.3 is 5.97 Å². The van der Waals surface area contributed by atoms with Crippen LogP contribution < -0.4 is 4.74 Å². The monoisotopic (exact) mass is 476 g/mol. The molecule has 4 bridgehead atoms. The van der Waals surface area contributed by atoms with Crippen LogP contribution in [0.1, 0.15) is 50.5 Å². The second-order valence-electron chi connectivity index (χ2n) is 11.1. The Morgan fingerprint density at radius 2 is 1.71 bits per heavy atom. The van der Waals surface area contributed by atoms with Crippen molar-refractivity contribution in [2.75, 3.05) is 6.54 Å². The molecular formula is C28H32N2O5. The first-order valence-corrected chi connectivity index (χ1v) is 12.8. The van der Waals surface area contributed by atoms with Crippen LogP contribution in [0, 0.1) is 23.2 Å². The summed E-state index contributed by atoms with van der Waals surface area (Å²) in [6, 6.07) is 10.2. The average Bonchev–Trinajstić information content (AvgIpc) is 3.24. The summed E-state index contributed by atoms with van der Waals surface area (Å²) >= 11 is 0. The van der Waals surface area contributed by atoms with Gasteiger partial charge in [-0.2, -0.15) is 0 Å². The first kappa shape index (κ1) is 22.5. The molecule has 2 aromatic rings. The second-order valence-corrected chi connectivity index (χ2v) is 11.1.